The number of thiol groups is 1. The molecule has 0 bridgehead atoms. The summed E-state index contributed by atoms with van der Waals surface area (Å²) in [7, 11) is 0. The van der Waals surface area contributed by atoms with E-state index < -0.39 is 0 Å². The smallest absolute Gasteiger partial charge is 0.0252 e. The Bertz CT molecular complexity index is 96.4. The van der Waals surface area contributed by atoms with Gasteiger partial charge in [0, 0.05) is 5.25 Å². The van der Waals surface area contributed by atoms with E-state index in [1.807, 2.05) is 0 Å². The second kappa shape index (κ2) is 1.55. The highest BCUT2D eigenvalue weighted by atomic mass is 32.1. The normalized spacial score (nSPS) is 40.6. The molecular weight excluding hydrogens is 104 g/mol. The number of hydrogen-bond acceptors (Lipinski definition) is 1. The van der Waals surface area contributed by atoms with Gasteiger partial charge in [0.15, 0.2) is 0 Å². The number of hydrogen-bond donors (Lipinski definition) is 1. The van der Waals surface area contributed by atoms with Crippen molar-refractivity contribution in [3.63, 3.8) is 0 Å². The van der Waals surface area contributed by atoms with Crippen LogP contribution in [0.5, 0.6) is 0 Å². The highest BCUT2D eigenvalue weighted by Gasteiger charge is 2.26. The maximum absolute atomic E-state index is 4.28. The predicted octanol–water partition coefficient (Wildman–Crippen LogP) is 1.88. The van der Waals surface area contributed by atoms with E-state index >= 15 is 0 Å². The molecule has 0 nitrogen and oxygen atoms in total. The van der Waals surface area contributed by atoms with E-state index in [9.17, 15) is 0 Å². The quantitative estimate of drug-likeness (QED) is 0.361. The topological polar surface area (TPSA) is 0 Å². The minimum Gasteiger partial charge on any atom is -0.171 e. The van der Waals surface area contributed by atoms with Crippen LogP contribution >= 0.6 is 12.6 Å². The second-order valence-corrected chi connectivity index (χ2v) is 2.84. The molecule has 1 heteroatoms. The van der Waals surface area contributed by atoms with Gasteiger partial charge in [0.2, 0.25) is 0 Å². The summed E-state index contributed by atoms with van der Waals surface area (Å²) < 4.78 is 0. The monoisotopic (exact) mass is 114 g/mol. The molecular formula is C6H10S. The van der Waals surface area contributed by atoms with E-state index in [2.05, 4.69) is 26.1 Å². The van der Waals surface area contributed by atoms with Crippen LogP contribution in [0.1, 0.15) is 13.3 Å². The van der Waals surface area contributed by atoms with Crippen molar-refractivity contribution in [3.8, 4) is 0 Å². The molecule has 0 radical (unpaired) electrons. The van der Waals surface area contributed by atoms with Crippen LogP contribution in [0.3, 0.4) is 0 Å². The van der Waals surface area contributed by atoms with Gasteiger partial charge in [-0.2, -0.15) is 12.6 Å². The lowest BCUT2D eigenvalue weighted by atomic mass is 9.82. The van der Waals surface area contributed by atoms with Crippen LogP contribution in [-0.2, 0) is 0 Å². The Morgan fingerprint density at radius 1 is 1.86 bits per heavy atom. The summed E-state index contributed by atoms with van der Waals surface area (Å²) >= 11 is 4.28. The predicted molar refractivity (Wildman–Crippen MR) is 35.7 cm³/mol. The molecule has 0 amide bonds. The van der Waals surface area contributed by atoms with E-state index in [0.29, 0.717) is 5.25 Å². The van der Waals surface area contributed by atoms with Crippen molar-refractivity contribution >= 4 is 12.6 Å². The fraction of sp³-hybridized carbons (Fsp3) is 0.667. The van der Waals surface area contributed by atoms with Crippen molar-refractivity contribution in [1.29, 1.82) is 0 Å². The van der Waals surface area contributed by atoms with Crippen molar-refractivity contribution in [2.24, 2.45) is 5.92 Å². The van der Waals surface area contributed by atoms with Crippen LogP contribution in [-0.4, -0.2) is 5.25 Å². The molecule has 0 aromatic rings. The highest BCUT2D eigenvalue weighted by Crippen LogP contribution is 2.35. The van der Waals surface area contributed by atoms with Crippen LogP contribution in [0.15, 0.2) is 12.2 Å². The fourth-order valence-corrected chi connectivity index (χ4v) is 1.10. The summed E-state index contributed by atoms with van der Waals surface area (Å²) in [4.78, 5) is 0. The molecule has 0 heterocycles. The molecule has 1 saturated carbocycles. The molecule has 0 spiro atoms. The van der Waals surface area contributed by atoms with Gasteiger partial charge < -0.3 is 0 Å². The molecule has 0 aromatic carbocycles. The first-order chi connectivity index (χ1) is 3.22. The molecule has 0 saturated heterocycles. The van der Waals surface area contributed by atoms with E-state index in [4.69, 9.17) is 0 Å². The Kier molecular flexibility index (Phi) is 1.16. The van der Waals surface area contributed by atoms with E-state index in [1.165, 1.54) is 12.0 Å². The zero-order valence-corrected chi connectivity index (χ0v) is 5.41. The molecule has 40 valence electrons. The Morgan fingerprint density at radius 3 is 2.43 bits per heavy atom. The molecule has 0 N–H and O–H groups in total. The maximum atomic E-state index is 4.28. The van der Waals surface area contributed by atoms with Crippen LogP contribution in [0.2, 0.25) is 0 Å². The van der Waals surface area contributed by atoms with Gasteiger partial charge in [-0.05, 0) is 12.3 Å². The Balaban J connectivity index is 2.43. The van der Waals surface area contributed by atoms with Crippen molar-refractivity contribution in [3.05, 3.63) is 12.2 Å². The molecule has 2 atom stereocenters. The minimum absolute atomic E-state index is 0.500. The average Bonchev–Trinajstić information content (AvgIpc) is 1.68. The average molecular weight is 114 g/mol. The molecule has 1 rings (SSSR count). The first-order valence-corrected chi connectivity index (χ1v) is 3.09. The molecule has 0 aromatic heterocycles. The third-order valence-electron chi connectivity index (χ3n) is 1.54. The minimum atomic E-state index is 0.500. The maximum Gasteiger partial charge on any atom is 0.0252 e. The van der Waals surface area contributed by atoms with Gasteiger partial charge in [-0.25, -0.2) is 0 Å². The molecule has 1 fully saturated rings. The third kappa shape index (κ3) is 0.697. The summed E-state index contributed by atoms with van der Waals surface area (Å²) in [6, 6.07) is 0. The first kappa shape index (κ1) is 5.23. The largest absolute Gasteiger partial charge is 0.171 e. The van der Waals surface area contributed by atoms with Crippen LogP contribution in [0.4, 0.5) is 0 Å². The van der Waals surface area contributed by atoms with E-state index in [0.717, 1.165) is 5.92 Å². The first-order valence-electron chi connectivity index (χ1n) is 2.57. The summed E-state index contributed by atoms with van der Waals surface area (Å²) in [5.74, 6) is 0.774. The molecule has 1 aliphatic carbocycles. The second-order valence-electron chi connectivity index (χ2n) is 2.28. The third-order valence-corrected chi connectivity index (χ3v) is 2.42. The van der Waals surface area contributed by atoms with Gasteiger partial charge in [0.25, 0.3) is 0 Å². The highest BCUT2D eigenvalue weighted by molar-refractivity contribution is 7.81. The fourth-order valence-electron chi connectivity index (χ4n) is 0.888. The molecule has 0 aliphatic heterocycles. The zero-order valence-electron chi connectivity index (χ0n) is 4.52. The lowest BCUT2D eigenvalue weighted by Gasteiger charge is -2.32. The lowest BCUT2D eigenvalue weighted by molar-refractivity contribution is 0.480. The Morgan fingerprint density at radius 2 is 2.43 bits per heavy atom. The Labute approximate surface area is 50.0 Å². The zero-order chi connectivity index (χ0) is 5.44. The SMILES string of the molecule is C=C1CC(C)C1S. The number of rotatable bonds is 0. The van der Waals surface area contributed by atoms with E-state index in [-0.39, 0.29) is 0 Å². The lowest BCUT2D eigenvalue weighted by Crippen LogP contribution is -2.25. The summed E-state index contributed by atoms with van der Waals surface area (Å²) in [5, 5.41) is 0.500. The van der Waals surface area contributed by atoms with Crippen molar-refractivity contribution in [2.45, 2.75) is 18.6 Å². The van der Waals surface area contributed by atoms with Gasteiger partial charge >= 0.3 is 0 Å². The van der Waals surface area contributed by atoms with Gasteiger partial charge in [-0.3, -0.25) is 0 Å². The van der Waals surface area contributed by atoms with Crippen molar-refractivity contribution in [2.75, 3.05) is 0 Å². The van der Waals surface area contributed by atoms with Crippen LogP contribution in [0, 0.1) is 5.92 Å². The summed E-state index contributed by atoms with van der Waals surface area (Å²) in [6.45, 7) is 6.02. The van der Waals surface area contributed by atoms with Crippen molar-refractivity contribution in [1.82, 2.24) is 0 Å². The van der Waals surface area contributed by atoms with Crippen LogP contribution in [0.25, 0.3) is 0 Å². The van der Waals surface area contributed by atoms with Gasteiger partial charge in [0.1, 0.15) is 0 Å². The van der Waals surface area contributed by atoms with Crippen LogP contribution < -0.4 is 0 Å². The summed E-state index contributed by atoms with van der Waals surface area (Å²) in [6.07, 6.45) is 1.19. The van der Waals surface area contributed by atoms with Gasteiger partial charge in [0.05, 0.1) is 0 Å². The van der Waals surface area contributed by atoms with E-state index in [1.54, 1.807) is 0 Å². The molecule has 1 aliphatic rings. The van der Waals surface area contributed by atoms with Gasteiger partial charge in [-0.15, -0.1) is 0 Å². The molecule has 7 heavy (non-hydrogen) atoms. The van der Waals surface area contributed by atoms with Crippen molar-refractivity contribution < 1.29 is 0 Å². The standard InChI is InChI=1S/C6H10S/c1-4-3-5(2)6(4)7/h5-7H,1,3H2,2H3. The Hall–Kier alpha value is 0.0900. The molecule has 2 unspecified atom stereocenters. The van der Waals surface area contributed by atoms with Gasteiger partial charge in [-0.1, -0.05) is 19.1 Å². The summed E-state index contributed by atoms with van der Waals surface area (Å²) in [5.41, 5.74) is 1.30.